The Labute approximate surface area is 161 Å². The van der Waals surface area contributed by atoms with E-state index in [1.807, 2.05) is 49.5 Å². The van der Waals surface area contributed by atoms with Crippen LogP contribution >= 0.6 is 0 Å². The highest BCUT2D eigenvalue weighted by Gasteiger charge is 2.10. The number of anilines is 5. The highest BCUT2D eigenvalue weighted by molar-refractivity contribution is 5.91. The van der Waals surface area contributed by atoms with Crippen LogP contribution in [0.5, 0.6) is 0 Å². The van der Waals surface area contributed by atoms with Crippen molar-refractivity contribution in [3.05, 3.63) is 78.9 Å². The Kier molecular flexibility index (Phi) is 5.46. The van der Waals surface area contributed by atoms with Gasteiger partial charge in [0.25, 0.3) is 0 Å². The van der Waals surface area contributed by atoms with E-state index in [0.717, 1.165) is 28.4 Å². The van der Waals surface area contributed by atoms with Gasteiger partial charge in [0.2, 0.25) is 5.91 Å². The van der Waals surface area contributed by atoms with Crippen LogP contribution < -0.4 is 14.7 Å². The molecule has 0 unspecified atom stereocenters. The van der Waals surface area contributed by atoms with E-state index in [1.165, 1.54) is 0 Å². The van der Waals surface area contributed by atoms with Gasteiger partial charge in [-0.05, 0) is 54.6 Å². The fourth-order valence-corrected chi connectivity index (χ4v) is 2.94. The second-order valence-corrected chi connectivity index (χ2v) is 6.57. The molecule has 0 saturated heterocycles. The molecule has 0 aliphatic carbocycles. The van der Waals surface area contributed by atoms with Crippen molar-refractivity contribution in [3.63, 3.8) is 0 Å². The number of amides is 1. The Bertz CT molecular complexity index is 906. The Balaban J connectivity index is 1.81. The minimum Gasteiger partial charge on any atom is -0.345 e. The van der Waals surface area contributed by atoms with Gasteiger partial charge < -0.3 is 14.7 Å². The SMILES string of the molecule is CC(=O)N(C)c1cccc(N(C)c2ccc(N(C)c3ccccc3)cc2)c1. The first kappa shape index (κ1) is 18.5. The Hall–Kier alpha value is -3.27. The molecule has 27 heavy (non-hydrogen) atoms. The smallest absolute Gasteiger partial charge is 0.223 e. The summed E-state index contributed by atoms with van der Waals surface area (Å²) in [5.74, 6) is 0.0168. The molecule has 0 fully saturated rings. The molecule has 138 valence electrons. The van der Waals surface area contributed by atoms with Gasteiger partial charge in [-0.25, -0.2) is 0 Å². The summed E-state index contributed by atoms with van der Waals surface area (Å²) in [6, 6.07) is 26.7. The number of benzene rings is 3. The largest absolute Gasteiger partial charge is 0.345 e. The molecule has 0 aromatic heterocycles. The lowest BCUT2D eigenvalue weighted by Crippen LogP contribution is -2.23. The lowest BCUT2D eigenvalue weighted by atomic mass is 10.2. The van der Waals surface area contributed by atoms with Gasteiger partial charge in [-0.2, -0.15) is 0 Å². The summed E-state index contributed by atoms with van der Waals surface area (Å²) < 4.78 is 0. The van der Waals surface area contributed by atoms with E-state index in [2.05, 4.69) is 53.2 Å². The van der Waals surface area contributed by atoms with Crippen LogP contribution in [0.2, 0.25) is 0 Å². The maximum atomic E-state index is 11.6. The van der Waals surface area contributed by atoms with Gasteiger partial charge >= 0.3 is 0 Å². The molecule has 0 aliphatic rings. The molecule has 0 atom stereocenters. The average Bonchev–Trinajstić information content (AvgIpc) is 2.73. The second kappa shape index (κ2) is 7.96. The van der Waals surface area contributed by atoms with Crippen molar-refractivity contribution < 1.29 is 4.79 Å². The highest BCUT2D eigenvalue weighted by Crippen LogP contribution is 2.30. The van der Waals surface area contributed by atoms with Crippen LogP contribution in [-0.2, 0) is 4.79 Å². The van der Waals surface area contributed by atoms with Gasteiger partial charge in [0.05, 0.1) is 0 Å². The first-order valence-corrected chi connectivity index (χ1v) is 8.94. The van der Waals surface area contributed by atoms with Crippen LogP contribution in [0.15, 0.2) is 78.9 Å². The molecular formula is C23H25N3O. The molecule has 3 aromatic carbocycles. The van der Waals surface area contributed by atoms with E-state index in [9.17, 15) is 4.79 Å². The van der Waals surface area contributed by atoms with Crippen molar-refractivity contribution >= 4 is 34.3 Å². The standard InChI is InChI=1S/C23H25N3O/c1-18(27)24(2)22-11-8-12-23(17-22)26(4)21-15-13-20(14-16-21)25(3)19-9-6-5-7-10-19/h5-17H,1-4H3. The second-order valence-electron chi connectivity index (χ2n) is 6.57. The van der Waals surface area contributed by atoms with E-state index in [1.54, 1.807) is 18.9 Å². The molecule has 0 saturated carbocycles. The predicted molar refractivity (Wildman–Crippen MR) is 115 cm³/mol. The summed E-state index contributed by atoms with van der Waals surface area (Å²) in [6.07, 6.45) is 0. The van der Waals surface area contributed by atoms with Gasteiger partial charge in [-0.1, -0.05) is 24.3 Å². The lowest BCUT2D eigenvalue weighted by molar-refractivity contribution is -0.116. The number of hydrogen-bond donors (Lipinski definition) is 0. The maximum absolute atomic E-state index is 11.6. The van der Waals surface area contributed by atoms with Crippen molar-refractivity contribution in [3.8, 4) is 0 Å². The van der Waals surface area contributed by atoms with Crippen molar-refractivity contribution in [1.29, 1.82) is 0 Å². The van der Waals surface area contributed by atoms with E-state index in [4.69, 9.17) is 0 Å². The van der Waals surface area contributed by atoms with Gasteiger partial charge in [0.15, 0.2) is 0 Å². The summed E-state index contributed by atoms with van der Waals surface area (Å²) in [7, 11) is 5.88. The zero-order valence-electron chi connectivity index (χ0n) is 16.3. The molecule has 0 N–H and O–H groups in total. The van der Waals surface area contributed by atoms with E-state index < -0.39 is 0 Å². The fourth-order valence-electron chi connectivity index (χ4n) is 2.94. The zero-order valence-corrected chi connectivity index (χ0v) is 16.3. The number of para-hydroxylation sites is 1. The van der Waals surface area contributed by atoms with Crippen LogP contribution in [0.1, 0.15) is 6.92 Å². The van der Waals surface area contributed by atoms with Gasteiger partial charge in [0.1, 0.15) is 0 Å². The molecule has 1 amide bonds. The van der Waals surface area contributed by atoms with Crippen molar-refractivity contribution in [1.82, 2.24) is 0 Å². The average molecular weight is 359 g/mol. The molecule has 3 aromatic rings. The third-order valence-electron chi connectivity index (χ3n) is 4.84. The number of carbonyl (C=O) groups is 1. The third kappa shape index (κ3) is 4.11. The lowest BCUT2D eigenvalue weighted by Gasteiger charge is -2.24. The van der Waals surface area contributed by atoms with Gasteiger partial charge in [-0.3, -0.25) is 4.79 Å². The van der Waals surface area contributed by atoms with Crippen LogP contribution in [0.25, 0.3) is 0 Å². The fraction of sp³-hybridized carbons (Fsp3) is 0.174. The molecule has 0 spiro atoms. The summed E-state index contributed by atoms with van der Waals surface area (Å²) >= 11 is 0. The van der Waals surface area contributed by atoms with E-state index in [0.29, 0.717) is 0 Å². The Morgan fingerprint density at radius 2 is 1.04 bits per heavy atom. The number of carbonyl (C=O) groups excluding carboxylic acids is 1. The van der Waals surface area contributed by atoms with Crippen LogP contribution in [0.3, 0.4) is 0 Å². The number of nitrogens with zero attached hydrogens (tertiary/aromatic N) is 3. The van der Waals surface area contributed by atoms with Crippen molar-refractivity contribution in [2.24, 2.45) is 0 Å². The molecule has 4 nitrogen and oxygen atoms in total. The highest BCUT2D eigenvalue weighted by atomic mass is 16.2. The summed E-state index contributed by atoms with van der Waals surface area (Å²) in [5, 5.41) is 0. The molecule has 3 rings (SSSR count). The van der Waals surface area contributed by atoms with Gasteiger partial charge in [0, 0.05) is 56.5 Å². The minimum atomic E-state index is 0.0168. The monoisotopic (exact) mass is 359 g/mol. The number of rotatable bonds is 5. The van der Waals surface area contributed by atoms with Crippen LogP contribution in [-0.4, -0.2) is 27.1 Å². The summed E-state index contributed by atoms with van der Waals surface area (Å²) in [5.41, 5.74) is 5.28. The first-order chi connectivity index (χ1) is 13.0. The van der Waals surface area contributed by atoms with E-state index >= 15 is 0 Å². The molecule has 0 heterocycles. The zero-order chi connectivity index (χ0) is 19.4. The molecule has 0 radical (unpaired) electrons. The summed E-state index contributed by atoms with van der Waals surface area (Å²) in [6.45, 7) is 1.57. The van der Waals surface area contributed by atoms with Crippen LogP contribution in [0.4, 0.5) is 28.4 Å². The molecule has 0 aliphatic heterocycles. The van der Waals surface area contributed by atoms with Crippen molar-refractivity contribution in [2.75, 3.05) is 35.8 Å². The molecular weight excluding hydrogens is 334 g/mol. The summed E-state index contributed by atoms with van der Waals surface area (Å²) in [4.78, 5) is 17.5. The number of hydrogen-bond acceptors (Lipinski definition) is 3. The topological polar surface area (TPSA) is 26.8 Å². The molecule has 4 heteroatoms. The Morgan fingerprint density at radius 1 is 0.593 bits per heavy atom. The third-order valence-corrected chi connectivity index (χ3v) is 4.84. The quantitative estimate of drug-likeness (QED) is 0.626. The van der Waals surface area contributed by atoms with Crippen molar-refractivity contribution in [2.45, 2.75) is 6.92 Å². The van der Waals surface area contributed by atoms with Crippen LogP contribution in [0, 0.1) is 0 Å². The normalized spacial score (nSPS) is 10.4. The molecule has 0 bridgehead atoms. The predicted octanol–water partition coefficient (Wildman–Crippen LogP) is 5.21. The minimum absolute atomic E-state index is 0.0168. The maximum Gasteiger partial charge on any atom is 0.223 e. The van der Waals surface area contributed by atoms with Gasteiger partial charge in [-0.15, -0.1) is 0 Å². The Morgan fingerprint density at radius 3 is 1.59 bits per heavy atom. The first-order valence-electron chi connectivity index (χ1n) is 8.94. The van der Waals surface area contributed by atoms with E-state index in [-0.39, 0.29) is 5.91 Å².